The van der Waals surface area contributed by atoms with Crippen LogP contribution in [0.1, 0.15) is 5.56 Å². The van der Waals surface area contributed by atoms with E-state index >= 15 is 0 Å². The molecule has 0 amide bonds. The highest BCUT2D eigenvalue weighted by molar-refractivity contribution is 6.30. The summed E-state index contributed by atoms with van der Waals surface area (Å²) in [6.07, 6.45) is 3.21. The van der Waals surface area contributed by atoms with Crippen molar-refractivity contribution in [1.82, 2.24) is 9.55 Å². The number of anilines is 1. The van der Waals surface area contributed by atoms with Crippen LogP contribution in [-0.4, -0.2) is 16.7 Å². The maximum atomic E-state index is 12.6. The van der Waals surface area contributed by atoms with E-state index in [2.05, 4.69) is 10.3 Å². The van der Waals surface area contributed by atoms with Crippen LogP contribution in [0.2, 0.25) is 5.02 Å². The number of nitrogens with one attached hydrogen (secondary N) is 1. The molecule has 6 heteroatoms. The number of nitrogens with zero attached hydrogens (tertiary/aromatic N) is 2. The molecule has 5 nitrogen and oxygen atoms in total. The Balaban J connectivity index is 1.83. The smallest absolute Gasteiger partial charge is 0.297 e. The molecule has 24 heavy (non-hydrogen) atoms. The molecule has 1 aromatic heterocycles. The molecule has 0 unspecified atom stereocenters. The molecule has 1 N–H and O–H groups in total. The number of hydrogen-bond acceptors (Lipinski definition) is 4. The van der Waals surface area contributed by atoms with Crippen molar-refractivity contribution in [2.75, 3.05) is 12.4 Å². The molecule has 0 saturated heterocycles. The minimum Gasteiger partial charge on any atom is -0.497 e. The number of benzene rings is 2. The summed E-state index contributed by atoms with van der Waals surface area (Å²) in [6, 6.07) is 14.7. The van der Waals surface area contributed by atoms with Crippen molar-refractivity contribution in [1.29, 1.82) is 0 Å². The Morgan fingerprint density at radius 3 is 2.75 bits per heavy atom. The fraction of sp³-hybridized carbons (Fsp3) is 0.111. The molecule has 2 aromatic carbocycles. The van der Waals surface area contributed by atoms with Crippen LogP contribution in [-0.2, 0) is 6.54 Å². The Hall–Kier alpha value is -2.79. The first kappa shape index (κ1) is 16.1. The van der Waals surface area contributed by atoms with Gasteiger partial charge in [0.15, 0.2) is 5.82 Å². The average Bonchev–Trinajstić information content (AvgIpc) is 2.62. The highest BCUT2D eigenvalue weighted by atomic mass is 35.5. The summed E-state index contributed by atoms with van der Waals surface area (Å²) in [6.45, 7) is 0.476. The Morgan fingerprint density at radius 1 is 1.21 bits per heavy atom. The molecule has 0 saturated carbocycles. The van der Waals surface area contributed by atoms with E-state index < -0.39 is 0 Å². The van der Waals surface area contributed by atoms with Gasteiger partial charge < -0.3 is 10.1 Å². The molecule has 0 aliphatic rings. The van der Waals surface area contributed by atoms with E-state index in [4.69, 9.17) is 16.3 Å². The minimum atomic E-state index is -0.220. The summed E-state index contributed by atoms with van der Waals surface area (Å²) in [7, 11) is 1.62. The van der Waals surface area contributed by atoms with Crippen molar-refractivity contribution in [3.63, 3.8) is 0 Å². The summed E-state index contributed by atoms with van der Waals surface area (Å²) in [4.78, 5) is 16.7. The van der Waals surface area contributed by atoms with Gasteiger partial charge in [-0.25, -0.2) is 4.98 Å². The first-order chi connectivity index (χ1) is 11.7. The van der Waals surface area contributed by atoms with Crippen LogP contribution in [0.15, 0.2) is 65.7 Å². The number of ether oxygens (including phenoxy) is 1. The van der Waals surface area contributed by atoms with E-state index in [9.17, 15) is 4.79 Å². The zero-order valence-electron chi connectivity index (χ0n) is 13.1. The van der Waals surface area contributed by atoms with Gasteiger partial charge in [0, 0.05) is 29.6 Å². The van der Waals surface area contributed by atoms with E-state index in [0.29, 0.717) is 11.6 Å². The van der Waals surface area contributed by atoms with E-state index in [0.717, 1.165) is 17.0 Å². The fourth-order valence-electron chi connectivity index (χ4n) is 2.31. The van der Waals surface area contributed by atoms with Crippen molar-refractivity contribution in [3.8, 4) is 11.4 Å². The van der Waals surface area contributed by atoms with Gasteiger partial charge in [0.25, 0.3) is 5.56 Å². The van der Waals surface area contributed by atoms with Crippen molar-refractivity contribution >= 4 is 17.4 Å². The summed E-state index contributed by atoms with van der Waals surface area (Å²) in [5.41, 5.74) is 1.51. The maximum absolute atomic E-state index is 12.6. The van der Waals surface area contributed by atoms with Gasteiger partial charge in [0.2, 0.25) is 0 Å². The summed E-state index contributed by atoms with van der Waals surface area (Å²) < 4.78 is 6.72. The van der Waals surface area contributed by atoms with Gasteiger partial charge in [-0.2, -0.15) is 0 Å². The Bertz CT molecular complexity index is 891. The predicted molar refractivity (Wildman–Crippen MR) is 95.2 cm³/mol. The summed E-state index contributed by atoms with van der Waals surface area (Å²) >= 11 is 5.89. The molecular formula is C18H16ClN3O2. The van der Waals surface area contributed by atoms with Crippen molar-refractivity contribution < 1.29 is 4.74 Å². The molecule has 0 aliphatic carbocycles. The summed E-state index contributed by atoms with van der Waals surface area (Å²) in [5, 5.41) is 3.70. The fourth-order valence-corrected chi connectivity index (χ4v) is 2.43. The van der Waals surface area contributed by atoms with Crippen molar-refractivity contribution in [2.24, 2.45) is 0 Å². The Labute approximate surface area is 144 Å². The maximum Gasteiger partial charge on any atom is 0.297 e. The number of methoxy groups -OCH3 is 1. The standard InChI is InChI=1S/C18H16ClN3O2/c1-24-16-4-2-3-13(11-16)12-21-17-18(23)22(10-9-20-17)15-7-5-14(19)6-8-15/h2-11H,12H2,1H3,(H,20,21). The van der Waals surface area contributed by atoms with E-state index in [-0.39, 0.29) is 11.4 Å². The molecule has 1 heterocycles. The third-order valence-electron chi connectivity index (χ3n) is 3.54. The predicted octanol–water partition coefficient (Wildman–Crippen LogP) is 3.51. The van der Waals surface area contributed by atoms with Gasteiger partial charge in [-0.1, -0.05) is 23.7 Å². The topological polar surface area (TPSA) is 56.1 Å². The van der Waals surface area contributed by atoms with Crippen molar-refractivity contribution in [3.05, 3.63) is 81.9 Å². The monoisotopic (exact) mass is 341 g/mol. The zero-order valence-corrected chi connectivity index (χ0v) is 13.8. The normalized spacial score (nSPS) is 10.4. The van der Waals surface area contributed by atoms with Gasteiger partial charge in [-0.15, -0.1) is 0 Å². The average molecular weight is 342 g/mol. The molecule has 0 aliphatic heterocycles. The quantitative estimate of drug-likeness (QED) is 0.771. The van der Waals surface area contributed by atoms with Gasteiger partial charge in [0.05, 0.1) is 7.11 Å². The van der Waals surface area contributed by atoms with Crippen LogP contribution in [0.3, 0.4) is 0 Å². The molecule has 0 bridgehead atoms. The second-order valence-corrected chi connectivity index (χ2v) is 5.57. The van der Waals surface area contributed by atoms with Crippen LogP contribution < -0.4 is 15.6 Å². The largest absolute Gasteiger partial charge is 0.497 e. The van der Waals surface area contributed by atoms with Crippen molar-refractivity contribution in [2.45, 2.75) is 6.54 Å². The molecule has 3 rings (SSSR count). The highest BCUT2D eigenvalue weighted by Crippen LogP contribution is 2.14. The number of rotatable bonds is 5. The second kappa shape index (κ2) is 7.19. The second-order valence-electron chi connectivity index (χ2n) is 5.13. The lowest BCUT2D eigenvalue weighted by molar-refractivity contribution is 0.414. The Morgan fingerprint density at radius 2 is 2.00 bits per heavy atom. The van der Waals surface area contributed by atoms with Crippen LogP contribution in [0, 0.1) is 0 Å². The number of aromatic nitrogens is 2. The molecule has 122 valence electrons. The van der Waals surface area contributed by atoms with Gasteiger partial charge >= 0.3 is 0 Å². The van der Waals surface area contributed by atoms with Crippen LogP contribution >= 0.6 is 11.6 Å². The highest BCUT2D eigenvalue weighted by Gasteiger charge is 2.06. The molecule has 0 radical (unpaired) electrons. The zero-order chi connectivity index (χ0) is 16.9. The lowest BCUT2D eigenvalue weighted by Crippen LogP contribution is -2.23. The van der Waals surface area contributed by atoms with Gasteiger partial charge in [-0.05, 0) is 42.0 Å². The first-order valence-corrected chi connectivity index (χ1v) is 7.75. The van der Waals surface area contributed by atoms with E-state index in [1.807, 2.05) is 24.3 Å². The van der Waals surface area contributed by atoms with E-state index in [1.54, 1.807) is 43.8 Å². The first-order valence-electron chi connectivity index (χ1n) is 7.38. The van der Waals surface area contributed by atoms with Crippen LogP contribution in [0.4, 0.5) is 5.82 Å². The van der Waals surface area contributed by atoms with Gasteiger partial charge in [0.1, 0.15) is 5.75 Å². The Kier molecular flexibility index (Phi) is 4.82. The van der Waals surface area contributed by atoms with Gasteiger partial charge in [-0.3, -0.25) is 9.36 Å². The SMILES string of the molecule is COc1cccc(CNc2nccn(-c3ccc(Cl)cc3)c2=O)c1. The molecule has 0 spiro atoms. The lowest BCUT2D eigenvalue weighted by Gasteiger charge is -2.10. The lowest BCUT2D eigenvalue weighted by atomic mass is 10.2. The molecular weight excluding hydrogens is 326 g/mol. The minimum absolute atomic E-state index is 0.220. The van der Waals surface area contributed by atoms with Crippen LogP contribution in [0.25, 0.3) is 5.69 Å². The van der Waals surface area contributed by atoms with Crippen LogP contribution in [0.5, 0.6) is 5.75 Å². The molecule has 0 atom stereocenters. The third kappa shape index (κ3) is 3.58. The third-order valence-corrected chi connectivity index (χ3v) is 3.79. The molecule has 0 fully saturated rings. The molecule has 3 aromatic rings. The summed E-state index contributed by atoms with van der Waals surface area (Å²) in [5.74, 6) is 1.06. The van der Waals surface area contributed by atoms with E-state index in [1.165, 1.54) is 4.57 Å². The number of halogens is 1. The number of hydrogen-bond donors (Lipinski definition) is 1.